The molecule has 2 rings (SSSR count). The fourth-order valence-corrected chi connectivity index (χ4v) is 3.91. The minimum Gasteiger partial charge on any atom is -0.458 e. The molecule has 0 aliphatic carbocycles. The number of nitrogens with one attached hydrogen (secondary N) is 1. The topological polar surface area (TPSA) is 90.9 Å². The monoisotopic (exact) mass is 503 g/mol. The van der Waals surface area contributed by atoms with Gasteiger partial charge in [-0.2, -0.15) is 0 Å². The van der Waals surface area contributed by atoms with Gasteiger partial charge in [-0.25, -0.2) is 18.5 Å². The first-order valence-corrected chi connectivity index (χ1v) is 12.8. The molecule has 7 nitrogen and oxygen atoms in total. The molecule has 0 bridgehead atoms. The summed E-state index contributed by atoms with van der Waals surface area (Å²) in [5, 5.41) is 0. The molecule has 8 heteroatoms. The average Bonchev–Trinajstić information content (AvgIpc) is 2.78. The number of carbonyl (C=O) groups excluding carboxylic acids is 2. The van der Waals surface area contributed by atoms with Crippen molar-refractivity contribution in [1.82, 2.24) is 4.72 Å². The van der Waals surface area contributed by atoms with Crippen molar-refractivity contribution in [2.75, 3.05) is 0 Å². The first-order valence-electron chi connectivity index (χ1n) is 11.7. The number of ether oxygens (including phenoxy) is 3. The third-order valence-corrected chi connectivity index (χ3v) is 6.47. The van der Waals surface area contributed by atoms with Crippen LogP contribution >= 0.6 is 0 Å². The van der Waals surface area contributed by atoms with Gasteiger partial charge in [0, 0.05) is 0 Å². The van der Waals surface area contributed by atoms with Crippen molar-refractivity contribution < 1.29 is 28.0 Å². The van der Waals surface area contributed by atoms with Crippen LogP contribution in [0.25, 0.3) is 0 Å². The average molecular weight is 504 g/mol. The molecule has 0 unspecified atom stereocenters. The molecule has 0 fully saturated rings. The van der Waals surface area contributed by atoms with Gasteiger partial charge in [0.25, 0.3) is 0 Å². The minimum atomic E-state index is -1.53. The number of hydrogen-bond acceptors (Lipinski definition) is 6. The lowest BCUT2D eigenvalue weighted by atomic mass is 10.0. The number of carbonyl (C=O) groups is 2. The van der Waals surface area contributed by atoms with Crippen LogP contribution in [0.1, 0.15) is 59.1 Å². The van der Waals surface area contributed by atoms with Crippen molar-refractivity contribution in [3.05, 3.63) is 71.8 Å². The highest BCUT2D eigenvalue weighted by atomic mass is 32.2. The third kappa shape index (κ3) is 10.6. The fourth-order valence-electron chi connectivity index (χ4n) is 3.04. The normalized spacial score (nSPS) is 14.5. The van der Waals surface area contributed by atoms with Gasteiger partial charge in [-0.3, -0.25) is 0 Å². The van der Waals surface area contributed by atoms with Crippen LogP contribution in [-0.4, -0.2) is 38.8 Å². The van der Waals surface area contributed by atoms with Crippen LogP contribution in [0, 0.1) is 0 Å². The Hall–Kier alpha value is -2.71. The molecule has 192 valence electrons. The molecular weight excluding hydrogens is 466 g/mol. The second-order valence-electron chi connectivity index (χ2n) is 10.2. The number of aryl methyl sites for hydroxylation is 1. The summed E-state index contributed by atoms with van der Waals surface area (Å²) in [5.41, 5.74) is 1.02. The van der Waals surface area contributed by atoms with Gasteiger partial charge in [0.15, 0.2) is 0 Å². The molecule has 0 heterocycles. The summed E-state index contributed by atoms with van der Waals surface area (Å²) in [6.07, 6.45) is -1.41. The first kappa shape index (κ1) is 28.5. The molecule has 0 saturated carbocycles. The lowest BCUT2D eigenvalue weighted by molar-refractivity contribution is -0.159. The number of hydrogen-bond donors (Lipinski definition) is 1. The van der Waals surface area contributed by atoms with Gasteiger partial charge in [-0.05, 0) is 65.5 Å². The zero-order valence-corrected chi connectivity index (χ0v) is 22.2. The molecule has 0 saturated heterocycles. The van der Waals surface area contributed by atoms with E-state index in [1.54, 1.807) is 20.8 Å². The maximum atomic E-state index is 13.2. The van der Waals surface area contributed by atoms with Gasteiger partial charge in [0.1, 0.15) is 12.2 Å². The van der Waals surface area contributed by atoms with Crippen LogP contribution in [-0.2, 0) is 43.0 Å². The highest BCUT2D eigenvalue weighted by molar-refractivity contribution is 7.84. The molecule has 2 aromatic carbocycles. The summed E-state index contributed by atoms with van der Waals surface area (Å²) < 4.78 is 31.7. The highest BCUT2D eigenvalue weighted by Crippen LogP contribution is 2.19. The van der Waals surface area contributed by atoms with E-state index in [0.29, 0.717) is 12.8 Å². The van der Waals surface area contributed by atoms with Crippen LogP contribution in [0.2, 0.25) is 0 Å². The lowest BCUT2D eigenvalue weighted by Crippen LogP contribution is -2.51. The summed E-state index contributed by atoms with van der Waals surface area (Å²) in [4.78, 5) is 25.8. The lowest BCUT2D eigenvalue weighted by Gasteiger charge is -2.30. The van der Waals surface area contributed by atoms with E-state index in [4.69, 9.17) is 14.2 Å². The Morgan fingerprint density at radius 2 is 1.43 bits per heavy atom. The largest absolute Gasteiger partial charge is 0.509 e. The summed E-state index contributed by atoms with van der Waals surface area (Å²) in [5.74, 6) is -0.740. The van der Waals surface area contributed by atoms with Crippen molar-refractivity contribution >= 4 is 23.1 Å². The molecule has 0 spiro atoms. The van der Waals surface area contributed by atoms with Crippen LogP contribution < -0.4 is 4.72 Å². The Morgan fingerprint density at radius 1 is 0.886 bits per heavy atom. The number of rotatable bonds is 10. The Kier molecular flexibility index (Phi) is 10.5. The zero-order valence-electron chi connectivity index (χ0n) is 21.4. The van der Waals surface area contributed by atoms with Crippen molar-refractivity contribution in [3.8, 4) is 0 Å². The van der Waals surface area contributed by atoms with E-state index in [2.05, 4.69) is 4.72 Å². The van der Waals surface area contributed by atoms with Gasteiger partial charge in [0.2, 0.25) is 6.10 Å². The second-order valence-corrected chi connectivity index (χ2v) is 12.2. The molecule has 2 aromatic rings. The quantitative estimate of drug-likeness (QED) is 0.454. The molecule has 3 atom stereocenters. The van der Waals surface area contributed by atoms with E-state index in [1.165, 1.54) is 0 Å². The van der Waals surface area contributed by atoms with E-state index < -0.39 is 45.6 Å². The third-order valence-electron chi connectivity index (χ3n) is 4.84. The minimum absolute atomic E-state index is 0.0155. The van der Waals surface area contributed by atoms with Gasteiger partial charge in [0.05, 0.1) is 21.8 Å². The van der Waals surface area contributed by atoms with E-state index in [-0.39, 0.29) is 6.61 Å². The molecule has 0 aliphatic rings. The van der Waals surface area contributed by atoms with E-state index in [0.717, 1.165) is 11.1 Å². The van der Waals surface area contributed by atoms with E-state index in [1.807, 2.05) is 81.4 Å². The molecule has 1 N–H and O–H groups in total. The smallest absolute Gasteiger partial charge is 0.458 e. The Morgan fingerprint density at radius 3 is 1.94 bits per heavy atom. The van der Waals surface area contributed by atoms with Crippen molar-refractivity contribution in [2.45, 2.75) is 83.5 Å². The van der Waals surface area contributed by atoms with Crippen molar-refractivity contribution in [2.24, 2.45) is 0 Å². The maximum absolute atomic E-state index is 13.2. The fraction of sp³-hybridized carbons (Fsp3) is 0.481. The molecule has 0 radical (unpaired) electrons. The Balaban J connectivity index is 2.29. The van der Waals surface area contributed by atoms with E-state index >= 15 is 0 Å². The van der Waals surface area contributed by atoms with Crippen molar-refractivity contribution in [1.29, 1.82) is 0 Å². The van der Waals surface area contributed by atoms with Crippen LogP contribution in [0.3, 0.4) is 0 Å². The molecule has 35 heavy (non-hydrogen) atoms. The SMILES string of the molecule is CC(C)(C)OC(=O)O[C@@H](C(=O)OCc1ccccc1)[C@H](CCc1ccccc1)N[S@](=O)C(C)(C)C. The molecule has 0 amide bonds. The standard InChI is InChI=1S/C27H37NO6S/c1-26(2,3)34-25(30)33-23(24(29)32-19-21-15-11-8-12-16-21)22(28-35(31)27(4,5)6)18-17-20-13-9-7-10-14-20/h7-16,22-23,28H,17-19H2,1-6H3/t22-,23+,35+/m0/s1. The molecular formula is C27H37NO6S. The van der Waals surface area contributed by atoms with Gasteiger partial charge >= 0.3 is 12.1 Å². The van der Waals surface area contributed by atoms with Gasteiger partial charge in [-0.15, -0.1) is 0 Å². The van der Waals surface area contributed by atoms with Crippen molar-refractivity contribution in [3.63, 3.8) is 0 Å². The number of esters is 1. The van der Waals surface area contributed by atoms with E-state index in [9.17, 15) is 13.8 Å². The van der Waals surface area contributed by atoms with Gasteiger partial charge in [-0.1, -0.05) is 60.7 Å². The summed E-state index contributed by atoms with van der Waals surface area (Å²) in [6.45, 7) is 10.6. The predicted molar refractivity (Wildman–Crippen MR) is 137 cm³/mol. The van der Waals surface area contributed by atoms with Crippen LogP contribution in [0.4, 0.5) is 4.79 Å². The molecule has 0 aliphatic heterocycles. The predicted octanol–water partition coefficient (Wildman–Crippen LogP) is 5.10. The zero-order chi connectivity index (χ0) is 26.1. The summed E-state index contributed by atoms with van der Waals surface area (Å²) in [7, 11) is -1.53. The second kappa shape index (κ2) is 12.8. The summed E-state index contributed by atoms with van der Waals surface area (Å²) in [6, 6.07) is 18.1. The van der Waals surface area contributed by atoms with Crippen LogP contribution in [0.15, 0.2) is 60.7 Å². The Bertz CT molecular complexity index is 967. The first-order chi connectivity index (χ1) is 16.3. The summed E-state index contributed by atoms with van der Waals surface area (Å²) >= 11 is 0. The van der Waals surface area contributed by atoms with Gasteiger partial charge < -0.3 is 14.2 Å². The highest BCUT2D eigenvalue weighted by Gasteiger charge is 2.37. The maximum Gasteiger partial charge on any atom is 0.509 e. The van der Waals surface area contributed by atoms with Crippen LogP contribution in [0.5, 0.6) is 0 Å². The number of benzene rings is 2. The molecule has 0 aromatic heterocycles. The Labute approximate surface area is 211 Å².